The number of benzene rings is 2. The molecule has 0 spiro atoms. The molecule has 0 aliphatic carbocycles. The lowest BCUT2D eigenvalue weighted by molar-refractivity contribution is 0.317. The van der Waals surface area contributed by atoms with E-state index in [-0.39, 0.29) is 5.82 Å². The monoisotopic (exact) mass is 337 g/mol. The quantitative estimate of drug-likeness (QED) is 0.801. The molecule has 0 aromatic heterocycles. The van der Waals surface area contributed by atoms with Gasteiger partial charge < -0.3 is 10.1 Å². The molecular formula is C16H17BrFNO. The van der Waals surface area contributed by atoms with Crippen LogP contribution in [0.2, 0.25) is 0 Å². The van der Waals surface area contributed by atoms with Crippen LogP contribution in [0.3, 0.4) is 0 Å². The van der Waals surface area contributed by atoms with Crippen LogP contribution in [-0.2, 0) is 6.54 Å². The largest absolute Gasteiger partial charge is 0.494 e. The van der Waals surface area contributed by atoms with Gasteiger partial charge in [-0.05, 0) is 48.4 Å². The van der Waals surface area contributed by atoms with Crippen molar-refractivity contribution in [1.82, 2.24) is 0 Å². The second-order valence-corrected chi connectivity index (χ2v) is 5.32. The van der Waals surface area contributed by atoms with E-state index in [1.807, 2.05) is 24.3 Å². The van der Waals surface area contributed by atoms with Crippen LogP contribution in [0, 0.1) is 5.82 Å². The van der Waals surface area contributed by atoms with Gasteiger partial charge in [0.1, 0.15) is 11.6 Å². The summed E-state index contributed by atoms with van der Waals surface area (Å²) >= 11 is 3.36. The molecule has 106 valence electrons. The highest BCUT2D eigenvalue weighted by molar-refractivity contribution is 9.10. The number of halogens is 2. The Labute approximate surface area is 127 Å². The molecule has 0 radical (unpaired) electrons. The molecule has 2 rings (SSSR count). The minimum atomic E-state index is -0.238. The van der Waals surface area contributed by atoms with Crippen molar-refractivity contribution < 1.29 is 9.13 Å². The third-order valence-corrected chi connectivity index (χ3v) is 3.56. The maximum absolute atomic E-state index is 13.0. The molecule has 0 aliphatic heterocycles. The van der Waals surface area contributed by atoms with Crippen molar-refractivity contribution in [2.75, 3.05) is 11.9 Å². The highest BCUT2D eigenvalue weighted by Crippen LogP contribution is 2.21. The predicted octanol–water partition coefficient (Wildman–Crippen LogP) is 4.99. The normalized spacial score (nSPS) is 10.3. The van der Waals surface area contributed by atoms with Crippen LogP contribution in [0.1, 0.15) is 18.9 Å². The van der Waals surface area contributed by atoms with Crippen LogP contribution in [0.5, 0.6) is 5.75 Å². The first kappa shape index (κ1) is 14.9. The van der Waals surface area contributed by atoms with Gasteiger partial charge in [-0.25, -0.2) is 4.39 Å². The zero-order chi connectivity index (χ0) is 14.4. The molecule has 0 atom stereocenters. The molecule has 2 aromatic carbocycles. The first-order valence-electron chi connectivity index (χ1n) is 6.59. The van der Waals surface area contributed by atoms with E-state index in [9.17, 15) is 4.39 Å². The van der Waals surface area contributed by atoms with Gasteiger partial charge in [0.25, 0.3) is 0 Å². The number of nitrogens with one attached hydrogen (secondary N) is 1. The minimum absolute atomic E-state index is 0.238. The van der Waals surface area contributed by atoms with Gasteiger partial charge in [0.2, 0.25) is 0 Å². The van der Waals surface area contributed by atoms with E-state index in [4.69, 9.17) is 4.74 Å². The third-order valence-electron chi connectivity index (χ3n) is 2.83. The highest BCUT2D eigenvalue weighted by atomic mass is 79.9. The maximum Gasteiger partial charge on any atom is 0.124 e. The first-order chi connectivity index (χ1) is 9.69. The molecule has 0 amide bonds. The van der Waals surface area contributed by atoms with Crippen molar-refractivity contribution in [3.8, 4) is 5.75 Å². The molecule has 0 saturated heterocycles. The van der Waals surface area contributed by atoms with Crippen LogP contribution in [-0.4, -0.2) is 6.61 Å². The number of hydrogen-bond acceptors (Lipinski definition) is 2. The molecular weight excluding hydrogens is 321 g/mol. The molecule has 20 heavy (non-hydrogen) atoms. The van der Waals surface area contributed by atoms with Crippen molar-refractivity contribution in [1.29, 1.82) is 0 Å². The molecule has 0 fully saturated rings. The smallest absolute Gasteiger partial charge is 0.124 e. The van der Waals surface area contributed by atoms with E-state index in [0.29, 0.717) is 6.54 Å². The Morgan fingerprint density at radius 1 is 1.15 bits per heavy atom. The summed E-state index contributed by atoms with van der Waals surface area (Å²) in [5.74, 6) is 0.637. The Morgan fingerprint density at radius 3 is 2.55 bits per heavy atom. The zero-order valence-electron chi connectivity index (χ0n) is 11.3. The van der Waals surface area contributed by atoms with E-state index in [1.54, 1.807) is 6.07 Å². The van der Waals surface area contributed by atoms with Crippen LogP contribution in [0.4, 0.5) is 10.1 Å². The molecule has 2 aromatic rings. The zero-order valence-corrected chi connectivity index (χ0v) is 12.9. The van der Waals surface area contributed by atoms with Crippen molar-refractivity contribution in [3.05, 3.63) is 58.3 Å². The Bertz CT molecular complexity index is 557. The second kappa shape index (κ2) is 7.29. The Morgan fingerprint density at radius 2 is 1.90 bits per heavy atom. The van der Waals surface area contributed by atoms with Gasteiger partial charge in [0, 0.05) is 16.7 Å². The first-order valence-corrected chi connectivity index (χ1v) is 7.39. The van der Waals surface area contributed by atoms with Gasteiger partial charge in [-0.1, -0.05) is 28.9 Å². The fourth-order valence-corrected chi connectivity index (χ4v) is 2.24. The van der Waals surface area contributed by atoms with Crippen molar-refractivity contribution in [2.45, 2.75) is 19.9 Å². The topological polar surface area (TPSA) is 21.3 Å². The highest BCUT2D eigenvalue weighted by Gasteiger charge is 2.02. The fraction of sp³-hybridized carbons (Fsp3) is 0.250. The number of ether oxygens (including phenoxy) is 1. The van der Waals surface area contributed by atoms with E-state index in [1.165, 1.54) is 12.1 Å². The van der Waals surface area contributed by atoms with Gasteiger partial charge in [-0.2, -0.15) is 0 Å². The SMILES string of the molecule is CCCOc1ccc(NCc2ccc(F)cc2Br)cc1. The van der Waals surface area contributed by atoms with E-state index in [2.05, 4.69) is 28.2 Å². The number of hydrogen-bond donors (Lipinski definition) is 1. The van der Waals surface area contributed by atoms with Gasteiger partial charge >= 0.3 is 0 Å². The molecule has 0 heterocycles. The standard InChI is InChI=1S/C16H17BrFNO/c1-2-9-20-15-7-5-14(6-8-15)19-11-12-3-4-13(18)10-16(12)17/h3-8,10,19H,2,9,11H2,1H3. The van der Waals surface area contributed by atoms with E-state index < -0.39 is 0 Å². The predicted molar refractivity (Wildman–Crippen MR) is 83.7 cm³/mol. The van der Waals surface area contributed by atoms with Crippen molar-refractivity contribution in [3.63, 3.8) is 0 Å². The van der Waals surface area contributed by atoms with E-state index in [0.717, 1.165) is 34.5 Å². The van der Waals surface area contributed by atoms with E-state index >= 15 is 0 Å². The average molecular weight is 338 g/mol. The average Bonchev–Trinajstić information content (AvgIpc) is 2.45. The summed E-state index contributed by atoms with van der Waals surface area (Å²) in [5.41, 5.74) is 2.02. The van der Waals surface area contributed by atoms with Crippen LogP contribution >= 0.6 is 15.9 Å². The number of rotatable bonds is 6. The van der Waals surface area contributed by atoms with Gasteiger partial charge in [0.15, 0.2) is 0 Å². The Hall–Kier alpha value is -1.55. The summed E-state index contributed by atoms with van der Waals surface area (Å²) in [5, 5.41) is 3.30. The minimum Gasteiger partial charge on any atom is -0.494 e. The summed E-state index contributed by atoms with van der Waals surface area (Å²) in [6, 6.07) is 12.5. The molecule has 0 unspecified atom stereocenters. The summed E-state index contributed by atoms with van der Waals surface area (Å²) in [6.07, 6.45) is 0.999. The van der Waals surface area contributed by atoms with Crippen LogP contribution < -0.4 is 10.1 Å². The molecule has 0 bridgehead atoms. The van der Waals surface area contributed by atoms with Crippen LogP contribution in [0.25, 0.3) is 0 Å². The summed E-state index contributed by atoms with van der Waals surface area (Å²) < 4.78 is 19.3. The van der Waals surface area contributed by atoms with Gasteiger partial charge in [-0.3, -0.25) is 0 Å². The number of anilines is 1. The fourth-order valence-electron chi connectivity index (χ4n) is 1.75. The Kier molecular flexibility index (Phi) is 5.41. The molecule has 0 aliphatic rings. The van der Waals surface area contributed by atoms with Gasteiger partial charge in [-0.15, -0.1) is 0 Å². The molecule has 4 heteroatoms. The third kappa shape index (κ3) is 4.23. The lowest BCUT2D eigenvalue weighted by atomic mass is 10.2. The van der Waals surface area contributed by atoms with Crippen LogP contribution in [0.15, 0.2) is 46.9 Å². The second-order valence-electron chi connectivity index (χ2n) is 4.46. The molecule has 1 N–H and O–H groups in total. The maximum atomic E-state index is 13.0. The summed E-state index contributed by atoms with van der Waals surface area (Å²) in [6.45, 7) is 3.45. The summed E-state index contributed by atoms with van der Waals surface area (Å²) in [7, 11) is 0. The van der Waals surface area contributed by atoms with Crippen molar-refractivity contribution >= 4 is 21.6 Å². The van der Waals surface area contributed by atoms with Crippen molar-refractivity contribution in [2.24, 2.45) is 0 Å². The Balaban J connectivity index is 1.93. The molecule has 2 nitrogen and oxygen atoms in total. The summed E-state index contributed by atoms with van der Waals surface area (Å²) in [4.78, 5) is 0. The lowest BCUT2D eigenvalue weighted by Crippen LogP contribution is -2.01. The van der Waals surface area contributed by atoms with Gasteiger partial charge in [0.05, 0.1) is 6.61 Å². The molecule has 0 saturated carbocycles. The lowest BCUT2D eigenvalue weighted by Gasteiger charge is -2.10.